The number of carbonyl (C=O) groups excluding carboxylic acids is 6. The number of Topliss-reactive ketones (excluding diaryl/α,β-unsaturated/α-hetero) is 4. The lowest BCUT2D eigenvalue weighted by molar-refractivity contribution is -0.146. The average Bonchev–Trinajstić information content (AvgIpc) is 3.62. The number of hydrogen-bond donors (Lipinski definition) is 1. The predicted molar refractivity (Wildman–Crippen MR) is 179 cm³/mol. The highest BCUT2D eigenvalue weighted by atomic mass is 16.2. The van der Waals surface area contributed by atoms with Crippen LogP contribution in [-0.2, 0) is 24.0 Å². The summed E-state index contributed by atoms with van der Waals surface area (Å²) in [5, 5.41) is 2.99. The topological polar surface area (TPSA) is 143 Å². The van der Waals surface area contributed by atoms with Crippen molar-refractivity contribution < 1.29 is 28.8 Å². The lowest BCUT2D eigenvalue weighted by Crippen LogP contribution is -2.58. The van der Waals surface area contributed by atoms with Crippen LogP contribution >= 0.6 is 0 Å². The summed E-state index contributed by atoms with van der Waals surface area (Å²) in [5.41, 5.74) is -0.516. The molecule has 260 valence electrons. The van der Waals surface area contributed by atoms with Crippen molar-refractivity contribution in [2.75, 3.05) is 6.54 Å². The molecule has 1 aromatic rings. The Morgan fingerprint density at radius 2 is 1.68 bits per heavy atom. The summed E-state index contributed by atoms with van der Waals surface area (Å²) < 4.78 is 0. The minimum absolute atomic E-state index is 0.0102. The number of likely N-dealkylation sites (tertiary alicyclic amines) is 1. The van der Waals surface area contributed by atoms with Gasteiger partial charge in [0, 0.05) is 50.0 Å². The van der Waals surface area contributed by atoms with Crippen LogP contribution in [0.4, 0.5) is 0 Å². The van der Waals surface area contributed by atoms with E-state index in [1.165, 1.54) is 18.6 Å². The van der Waals surface area contributed by atoms with Crippen LogP contribution in [-0.4, -0.2) is 68.4 Å². The lowest BCUT2D eigenvalue weighted by atomic mass is 9.82. The second kappa shape index (κ2) is 16.7. The van der Waals surface area contributed by atoms with Gasteiger partial charge in [0.25, 0.3) is 0 Å². The maximum Gasteiger partial charge on any atom is 0.246 e. The van der Waals surface area contributed by atoms with Crippen molar-refractivity contribution in [1.29, 1.82) is 0 Å². The molecule has 2 heterocycles. The van der Waals surface area contributed by atoms with Crippen molar-refractivity contribution in [3.8, 4) is 0 Å². The average molecular weight is 653 g/mol. The largest absolute Gasteiger partial charge is 0.344 e. The fourth-order valence-electron chi connectivity index (χ4n) is 7.21. The number of amides is 2. The Balaban J connectivity index is 1.85. The van der Waals surface area contributed by atoms with E-state index >= 15 is 0 Å². The number of carbonyl (C=O) groups is 6. The summed E-state index contributed by atoms with van der Waals surface area (Å²) in [4.78, 5) is 91.2. The minimum atomic E-state index is -0.942. The number of aromatic nitrogens is 2. The van der Waals surface area contributed by atoms with Crippen molar-refractivity contribution in [3.63, 3.8) is 0 Å². The Bertz CT molecular complexity index is 1290. The molecule has 1 aromatic heterocycles. The number of ketones is 4. The zero-order valence-corrected chi connectivity index (χ0v) is 29.7. The first-order valence-electron chi connectivity index (χ1n) is 17.6. The maximum atomic E-state index is 14.5. The lowest BCUT2D eigenvalue weighted by Gasteiger charge is -2.37. The van der Waals surface area contributed by atoms with Gasteiger partial charge in [-0.2, -0.15) is 0 Å². The molecule has 2 aliphatic rings. The van der Waals surface area contributed by atoms with Gasteiger partial charge in [0.2, 0.25) is 17.6 Å². The van der Waals surface area contributed by atoms with E-state index in [0.29, 0.717) is 19.4 Å². The zero-order valence-electron chi connectivity index (χ0n) is 29.7. The Morgan fingerprint density at radius 3 is 2.26 bits per heavy atom. The van der Waals surface area contributed by atoms with Crippen LogP contribution in [0.3, 0.4) is 0 Å². The minimum Gasteiger partial charge on any atom is -0.344 e. The Labute approximate surface area is 280 Å². The van der Waals surface area contributed by atoms with Crippen LogP contribution < -0.4 is 5.32 Å². The molecule has 1 unspecified atom stereocenters. The van der Waals surface area contributed by atoms with E-state index in [4.69, 9.17) is 0 Å². The van der Waals surface area contributed by atoms with Crippen molar-refractivity contribution >= 4 is 34.9 Å². The molecule has 47 heavy (non-hydrogen) atoms. The van der Waals surface area contributed by atoms with Crippen LogP contribution in [0, 0.1) is 40.9 Å². The van der Waals surface area contributed by atoms with E-state index in [1.54, 1.807) is 4.90 Å². The van der Waals surface area contributed by atoms with Crippen molar-refractivity contribution in [2.24, 2.45) is 40.9 Å². The summed E-state index contributed by atoms with van der Waals surface area (Å²) in [7, 11) is 0. The fourth-order valence-corrected chi connectivity index (χ4v) is 7.21. The first kappa shape index (κ1) is 38.2. The molecule has 10 heteroatoms. The van der Waals surface area contributed by atoms with E-state index < -0.39 is 46.8 Å². The van der Waals surface area contributed by atoms with Gasteiger partial charge in [-0.25, -0.2) is 4.98 Å². The van der Waals surface area contributed by atoms with Gasteiger partial charge in [-0.1, -0.05) is 74.7 Å². The van der Waals surface area contributed by atoms with Crippen LogP contribution in [0.5, 0.6) is 0 Å². The molecule has 1 saturated heterocycles. The van der Waals surface area contributed by atoms with E-state index in [-0.39, 0.29) is 66.1 Å². The molecule has 1 N–H and O–H groups in total. The summed E-state index contributed by atoms with van der Waals surface area (Å²) in [5.74, 6) is -3.44. The van der Waals surface area contributed by atoms with Gasteiger partial charge in [-0.3, -0.25) is 33.8 Å². The third-order valence-electron chi connectivity index (χ3n) is 10.3. The van der Waals surface area contributed by atoms with Gasteiger partial charge < -0.3 is 10.2 Å². The summed E-state index contributed by atoms with van der Waals surface area (Å²) in [6, 6.07) is -1.64. The number of nitrogens with one attached hydrogen (secondary N) is 1. The molecule has 0 bridgehead atoms. The first-order valence-corrected chi connectivity index (χ1v) is 17.6. The molecule has 0 spiro atoms. The highest BCUT2D eigenvalue weighted by Crippen LogP contribution is 2.44. The van der Waals surface area contributed by atoms with Crippen molar-refractivity contribution in [3.05, 3.63) is 24.3 Å². The molecule has 1 aliphatic carbocycles. The number of fused-ring (bicyclic) bond motifs is 1. The summed E-state index contributed by atoms with van der Waals surface area (Å²) in [6.45, 7) is 15.6. The fraction of sp³-hybridized carbons (Fsp3) is 0.730. The normalized spacial score (nSPS) is 21.9. The standard InChI is InChI=1S/C37H56N4O6/c1-9-12-24(33(45)31(44)17-23(5)10-2)18-30(43)32-26-14-11-13-25(26)21-41(32)36(47)34(37(6,7)8)40-35(46)27(22(3)4)19-29(42)28-20-38-15-16-39-28/h15-16,20,22-27,32,34H,9-14,17-19,21H2,1-8H3,(H,40,46)/t23-,24?,25+,26+,27-,32+,34-/m1/s1. The van der Waals surface area contributed by atoms with Crippen molar-refractivity contribution in [1.82, 2.24) is 20.2 Å². The molecule has 2 amide bonds. The van der Waals surface area contributed by atoms with Crippen molar-refractivity contribution in [2.45, 2.75) is 125 Å². The third kappa shape index (κ3) is 9.63. The summed E-state index contributed by atoms with van der Waals surface area (Å²) >= 11 is 0. The van der Waals surface area contributed by atoms with Crippen LogP contribution in [0.25, 0.3) is 0 Å². The Hall–Kier alpha value is -3.30. The zero-order chi connectivity index (χ0) is 35.1. The molecule has 1 saturated carbocycles. The first-order chi connectivity index (χ1) is 22.1. The second-order valence-corrected chi connectivity index (χ2v) is 15.3. The molecule has 7 atom stereocenters. The monoisotopic (exact) mass is 652 g/mol. The van der Waals surface area contributed by atoms with Gasteiger partial charge >= 0.3 is 0 Å². The molecule has 0 aromatic carbocycles. The number of hydrogen-bond acceptors (Lipinski definition) is 8. The smallest absolute Gasteiger partial charge is 0.246 e. The Kier molecular flexibility index (Phi) is 13.5. The second-order valence-electron chi connectivity index (χ2n) is 15.3. The Morgan fingerprint density at radius 1 is 0.979 bits per heavy atom. The van der Waals surface area contributed by atoms with Gasteiger partial charge in [0.05, 0.1) is 12.2 Å². The highest BCUT2D eigenvalue weighted by Gasteiger charge is 2.52. The van der Waals surface area contributed by atoms with Gasteiger partial charge in [0.15, 0.2) is 17.3 Å². The number of nitrogens with zero attached hydrogens (tertiary/aromatic N) is 3. The van der Waals surface area contributed by atoms with E-state index in [2.05, 4.69) is 15.3 Å². The van der Waals surface area contributed by atoms with Gasteiger partial charge in [0.1, 0.15) is 11.7 Å². The molecule has 1 aliphatic heterocycles. The van der Waals surface area contributed by atoms with Crippen LogP contribution in [0.1, 0.15) is 124 Å². The maximum absolute atomic E-state index is 14.5. The van der Waals surface area contributed by atoms with E-state index in [9.17, 15) is 28.8 Å². The molecular weight excluding hydrogens is 596 g/mol. The predicted octanol–water partition coefficient (Wildman–Crippen LogP) is 5.43. The SMILES string of the molecule is CCCC(CC(=O)[C@@H]1[C@H]2CCC[C@H]2CN1C(=O)[C@@H](NC(=O)[C@H](CC(=O)c1cnccn1)C(C)C)C(C)(C)C)C(=O)C(=O)C[C@H](C)CC. The third-order valence-corrected chi connectivity index (χ3v) is 10.3. The molecule has 3 rings (SSSR count). The molecule has 10 nitrogen and oxygen atoms in total. The van der Waals surface area contributed by atoms with Crippen LogP contribution in [0.2, 0.25) is 0 Å². The van der Waals surface area contributed by atoms with E-state index in [1.807, 2.05) is 55.4 Å². The molecule has 2 fully saturated rings. The summed E-state index contributed by atoms with van der Waals surface area (Å²) in [6.07, 6.45) is 8.91. The van der Waals surface area contributed by atoms with E-state index in [0.717, 1.165) is 25.7 Å². The highest BCUT2D eigenvalue weighted by molar-refractivity contribution is 6.38. The van der Waals surface area contributed by atoms with Gasteiger partial charge in [-0.05, 0) is 48.3 Å². The van der Waals surface area contributed by atoms with Gasteiger partial charge in [-0.15, -0.1) is 0 Å². The molecular formula is C37H56N4O6. The molecule has 0 radical (unpaired) electrons. The number of rotatable bonds is 17. The van der Waals surface area contributed by atoms with Crippen LogP contribution in [0.15, 0.2) is 18.6 Å². The quantitative estimate of drug-likeness (QED) is 0.173.